The van der Waals surface area contributed by atoms with Crippen molar-refractivity contribution in [1.82, 2.24) is 19.9 Å². The maximum absolute atomic E-state index is 6.66. The molecule has 0 fully saturated rings. The zero-order chi connectivity index (χ0) is 33.0. The Morgan fingerprint density at radius 1 is 0.400 bits per heavy atom. The normalized spacial score (nSPS) is 11.6. The lowest BCUT2D eigenvalue weighted by Gasteiger charge is -2.11. The summed E-state index contributed by atoms with van der Waals surface area (Å²) in [5.74, 6) is 2.37. The average molecular weight is 659 g/mol. The van der Waals surface area contributed by atoms with Crippen LogP contribution in [0.3, 0.4) is 0 Å². The zero-order valence-electron chi connectivity index (χ0n) is 26.6. The molecule has 0 aliphatic carbocycles. The molecule has 3 aromatic heterocycles. The smallest absolute Gasteiger partial charge is 0.227 e. The fourth-order valence-corrected chi connectivity index (χ4v) is 7.89. The lowest BCUT2D eigenvalue weighted by molar-refractivity contribution is 0.623. The number of nitrogens with zero attached hydrogens (tertiary/aromatic N) is 4. The van der Waals surface area contributed by atoms with Gasteiger partial charge in [0.2, 0.25) is 5.89 Å². The molecule has 0 aliphatic heterocycles. The summed E-state index contributed by atoms with van der Waals surface area (Å²) in [6.45, 7) is 0. The van der Waals surface area contributed by atoms with Crippen molar-refractivity contribution in [3.8, 4) is 56.7 Å². The molecule has 234 valence electrons. The van der Waals surface area contributed by atoms with Crippen molar-refractivity contribution in [3.63, 3.8) is 0 Å². The Morgan fingerprint density at radius 3 is 1.68 bits per heavy atom. The van der Waals surface area contributed by atoms with Gasteiger partial charge in [-0.2, -0.15) is 0 Å². The third-order valence-electron chi connectivity index (χ3n) is 9.17. The molecule has 7 aromatic carbocycles. The first-order chi connectivity index (χ1) is 24.8. The van der Waals surface area contributed by atoms with Crippen LogP contribution in [0.2, 0.25) is 0 Å². The van der Waals surface area contributed by atoms with Crippen molar-refractivity contribution in [3.05, 3.63) is 158 Å². The van der Waals surface area contributed by atoms with Gasteiger partial charge >= 0.3 is 0 Å². The second-order valence-corrected chi connectivity index (χ2v) is 13.3. The van der Waals surface area contributed by atoms with Crippen LogP contribution in [0.5, 0.6) is 0 Å². The Labute approximate surface area is 291 Å². The van der Waals surface area contributed by atoms with E-state index in [4.69, 9.17) is 24.4 Å². The molecule has 10 rings (SSSR count). The monoisotopic (exact) mass is 658 g/mol. The Hall–Kier alpha value is -6.50. The van der Waals surface area contributed by atoms with Crippen molar-refractivity contribution >= 4 is 53.4 Å². The summed E-state index contributed by atoms with van der Waals surface area (Å²) in [5.41, 5.74) is 7.44. The van der Waals surface area contributed by atoms with Crippen molar-refractivity contribution in [1.29, 1.82) is 0 Å². The van der Waals surface area contributed by atoms with Crippen LogP contribution in [0, 0.1) is 0 Å². The van der Waals surface area contributed by atoms with Crippen molar-refractivity contribution < 1.29 is 4.42 Å². The molecule has 0 saturated carbocycles. The number of hydrogen-bond donors (Lipinski definition) is 0. The highest BCUT2D eigenvalue weighted by molar-refractivity contribution is 7.26. The van der Waals surface area contributed by atoms with Crippen LogP contribution >= 0.6 is 11.3 Å². The zero-order valence-corrected chi connectivity index (χ0v) is 27.4. The van der Waals surface area contributed by atoms with E-state index in [-0.39, 0.29) is 0 Å². The maximum atomic E-state index is 6.66. The summed E-state index contributed by atoms with van der Waals surface area (Å²) >= 11 is 1.79. The molecule has 0 saturated heterocycles. The molecular weight excluding hydrogens is 633 g/mol. The van der Waals surface area contributed by atoms with Crippen LogP contribution in [-0.4, -0.2) is 19.9 Å². The van der Waals surface area contributed by atoms with Gasteiger partial charge in [-0.05, 0) is 46.8 Å². The van der Waals surface area contributed by atoms with Crippen LogP contribution in [-0.2, 0) is 0 Å². The van der Waals surface area contributed by atoms with Crippen molar-refractivity contribution in [2.75, 3.05) is 0 Å². The van der Waals surface area contributed by atoms with E-state index in [0.29, 0.717) is 23.4 Å². The van der Waals surface area contributed by atoms with Gasteiger partial charge in [-0.25, -0.2) is 19.9 Å². The van der Waals surface area contributed by atoms with Crippen LogP contribution < -0.4 is 0 Å². The fraction of sp³-hybridized carbons (Fsp3) is 0. The molecule has 0 amide bonds. The van der Waals surface area contributed by atoms with Gasteiger partial charge in [0.05, 0.1) is 0 Å². The number of oxazole rings is 1. The maximum Gasteiger partial charge on any atom is 0.227 e. The Morgan fingerprint density at radius 2 is 0.960 bits per heavy atom. The van der Waals surface area contributed by atoms with Crippen LogP contribution in [0.15, 0.2) is 162 Å². The number of hydrogen-bond acceptors (Lipinski definition) is 6. The van der Waals surface area contributed by atoms with Crippen molar-refractivity contribution in [2.24, 2.45) is 0 Å². The SMILES string of the molecule is c1ccc(-c2ccc(-c3nc(-c4ccccc4)nc(-c4cc5nc(-c6ccccc6)oc5c5c4ccc4sc6ccccc6c45)n3)cc2)cc1. The van der Waals surface area contributed by atoms with Gasteiger partial charge in [0.1, 0.15) is 5.52 Å². The number of thiophene rings is 1. The molecule has 6 heteroatoms. The summed E-state index contributed by atoms with van der Waals surface area (Å²) in [6.07, 6.45) is 0. The van der Waals surface area contributed by atoms with E-state index in [9.17, 15) is 0 Å². The molecule has 0 radical (unpaired) electrons. The minimum atomic E-state index is 0.579. The third kappa shape index (κ3) is 4.77. The van der Waals surface area contributed by atoms with Crippen LogP contribution in [0.25, 0.3) is 98.8 Å². The Balaban J connectivity index is 1.25. The standard InChI is InChI=1S/C44H26N4OS/c1-4-12-27(13-5-1)28-20-22-30(23-21-28)42-46-41(29-14-6-2-7-15-29)47-43(48-42)34-26-35-40(49-44(45-35)31-16-8-3-9-17-31)39-32(34)24-25-37-38(39)33-18-10-11-19-36(33)50-37/h1-26H. The summed E-state index contributed by atoms with van der Waals surface area (Å²) in [5, 5.41) is 4.35. The van der Waals surface area contributed by atoms with Gasteiger partial charge < -0.3 is 4.42 Å². The Kier molecular flexibility index (Phi) is 6.60. The number of benzene rings is 7. The average Bonchev–Trinajstić information content (AvgIpc) is 3.80. The largest absolute Gasteiger partial charge is 0.435 e. The molecule has 10 aromatic rings. The van der Waals surface area contributed by atoms with E-state index in [1.54, 1.807) is 11.3 Å². The minimum absolute atomic E-state index is 0.579. The quantitative estimate of drug-likeness (QED) is 0.184. The Bertz CT molecular complexity index is 2850. The molecule has 5 nitrogen and oxygen atoms in total. The van der Waals surface area contributed by atoms with E-state index in [1.165, 1.54) is 14.8 Å². The van der Waals surface area contributed by atoms with E-state index < -0.39 is 0 Å². The van der Waals surface area contributed by atoms with Crippen molar-refractivity contribution in [2.45, 2.75) is 0 Å². The predicted molar refractivity (Wildman–Crippen MR) is 205 cm³/mol. The fourth-order valence-electron chi connectivity index (χ4n) is 6.77. The molecule has 0 unspecified atom stereocenters. The van der Waals surface area contributed by atoms with Gasteiger partial charge in [0.25, 0.3) is 0 Å². The van der Waals surface area contributed by atoms with E-state index in [1.807, 2.05) is 66.7 Å². The van der Waals surface area contributed by atoms with E-state index in [0.717, 1.165) is 60.6 Å². The molecule has 0 N–H and O–H groups in total. The molecule has 0 atom stereocenters. The van der Waals surface area contributed by atoms with Gasteiger partial charge in [-0.1, -0.05) is 127 Å². The topological polar surface area (TPSA) is 64.7 Å². The number of rotatable bonds is 5. The lowest BCUT2D eigenvalue weighted by atomic mass is 9.98. The highest BCUT2D eigenvalue weighted by Gasteiger charge is 2.22. The highest BCUT2D eigenvalue weighted by atomic mass is 32.1. The van der Waals surface area contributed by atoms with E-state index in [2.05, 4.69) is 91.0 Å². The second-order valence-electron chi connectivity index (χ2n) is 12.2. The van der Waals surface area contributed by atoms with Gasteiger partial charge in [-0.15, -0.1) is 11.3 Å². The molecule has 50 heavy (non-hydrogen) atoms. The van der Waals surface area contributed by atoms with Crippen LogP contribution in [0.1, 0.15) is 0 Å². The van der Waals surface area contributed by atoms with Gasteiger partial charge in [-0.3, -0.25) is 0 Å². The molecule has 3 heterocycles. The minimum Gasteiger partial charge on any atom is -0.435 e. The molecule has 0 aliphatic rings. The van der Waals surface area contributed by atoms with Crippen LogP contribution in [0.4, 0.5) is 0 Å². The first-order valence-corrected chi connectivity index (χ1v) is 17.3. The third-order valence-corrected chi connectivity index (χ3v) is 10.3. The number of fused-ring (bicyclic) bond motifs is 7. The summed E-state index contributed by atoms with van der Waals surface area (Å²) < 4.78 is 9.07. The summed E-state index contributed by atoms with van der Waals surface area (Å²) in [7, 11) is 0. The second kappa shape index (κ2) is 11.6. The van der Waals surface area contributed by atoms with E-state index >= 15 is 0 Å². The van der Waals surface area contributed by atoms with Gasteiger partial charge in [0, 0.05) is 47.8 Å². The first-order valence-electron chi connectivity index (χ1n) is 16.5. The lowest BCUT2D eigenvalue weighted by Crippen LogP contribution is -2.00. The summed E-state index contributed by atoms with van der Waals surface area (Å²) in [6, 6.07) is 53.9. The number of aromatic nitrogens is 4. The predicted octanol–water partition coefficient (Wildman–Crippen LogP) is 11.9. The van der Waals surface area contributed by atoms with Gasteiger partial charge in [0.15, 0.2) is 23.1 Å². The molecular formula is C44H26N4OS. The highest BCUT2D eigenvalue weighted by Crippen LogP contribution is 2.45. The summed E-state index contributed by atoms with van der Waals surface area (Å²) in [4.78, 5) is 20.4. The first kappa shape index (κ1) is 28.5. The molecule has 0 bridgehead atoms. The molecule has 0 spiro atoms.